The number of hydrogen-bond acceptors (Lipinski definition) is 4. The predicted octanol–water partition coefficient (Wildman–Crippen LogP) is 4.62. The largest absolute Gasteiger partial charge is 0.431 e. The van der Waals surface area contributed by atoms with Crippen LogP contribution in [0.1, 0.15) is 16.7 Å². The van der Waals surface area contributed by atoms with Crippen molar-refractivity contribution in [2.24, 2.45) is 0 Å². The van der Waals surface area contributed by atoms with Crippen LogP contribution in [0.4, 0.5) is 5.69 Å². The summed E-state index contributed by atoms with van der Waals surface area (Å²) in [5.74, 6) is 1.28. The van der Waals surface area contributed by atoms with Gasteiger partial charge in [-0.1, -0.05) is 47.5 Å². The molecule has 6 heteroatoms. The summed E-state index contributed by atoms with van der Waals surface area (Å²) in [6, 6.07) is 23.4. The average Bonchev–Trinajstić information content (AvgIpc) is 2.73. The van der Waals surface area contributed by atoms with E-state index in [4.69, 9.17) is 33.9 Å². The highest BCUT2D eigenvalue weighted by molar-refractivity contribution is 7.82. The van der Waals surface area contributed by atoms with Gasteiger partial charge in [-0.2, -0.15) is 0 Å². The van der Waals surface area contributed by atoms with Gasteiger partial charge in [0.15, 0.2) is 0 Å². The number of thiocarbonyl (C=S) groups is 2. The summed E-state index contributed by atoms with van der Waals surface area (Å²) < 4.78 is 11.8. The topological polar surface area (TPSA) is 49.3 Å². The Bertz CT molecular complexity index is 941. The Morgan fingerprint density at radius 1 is 0.733 bits per heavy atom. The molecule has 0 amide bonds. The molecule has 3 rings (SSSR count). The summed E-state index contributed by atoms with van der Waals surface area (Å²) in [6.07, 6.45) is 0.912. The minimum atomic E-state index is 0.195. The van der Waals surface area contributed by atoms with Crippen LogP contribution >= 0.6 is 24.4 Å². The van der Waals surface area contributed by atoms with E-state index in [1.807, 2.05) is 86.6 Å². The van der Waals surface area contributed by atoms with Gasteiger partial charge in [-0.15, -0.1) is 0 Å². The summed E-state index contributed by atoms with van der Waals surface area (Å²) >= 11 is 11.2. The maximum absolute atomic E-state index is 5.92. The van der Waals surface area contributed by atoms with Crippen LogP contribution in [-0.2, 0) is 6.42 Å². The van der Waals surface area contributed by atoms with Crippen molar-refractivity contribution in [3.63, 3.8) is 0 Å². The zero-order chi connectivity index (χ0) is 21.5. The molecule has 3 aromatic carbocycles. The first-order chi connectivity index (χ1) is 14.5. The molecule has 0 unspecified atom stereocenters. The molecule has 0 radical (unpaired) electrons. The first-order valence-corrected chi connectivity index (χ1v) is 10.5. The Kier molecular flexibility index (Phi) is 7.52. The van der Waals surface area contributed by atoms with Crippen molar-refractivity contribution in [3.8, 4) is 11.5 Å². The SMILES string of the molecule is Cc1ccc(OC(=S)N(C(=S)Oc2ccc(C)cc2)c2ccc(CC[NH3+])cc2)cc1. The van der Waals surface area contributed by atoms with E-state index in [9.17, 15) is 0 Å². The number of nitrogens with zero attached hydrogens (tertiary/aromatic N) is 1. The molecule has 30 heavy (non-hydrogen) atoms. The van der Waals surface area contributed by atoms with Crippen LogP contribution in [0, 0.1) is 13.8 Å². The molecular weight excluding hydrogens is 412 g/mol. The van der Waals surface area contributed by atoms with Crippen molar-refractivity contribution in [1.82, 2.24) is 0 Å². The lowest BCUT2D eigenvalue weighted by Gasteiger charge is -2.25. The van der Waals surface area contributed by atoms with Crippen LogP contribution in [-0.4, -0.2) is 16.9 Å². The second kappa shape index (κ2) is 10.3. The normalized spacial score (nSPS) is 10.4. The van der Waals surface area contributed by atoms with Gasteiger partial charge >= 0.3 is 0 Å². The summed E-state index contributed by atoms with van der Waals surface area (Å²) in [5, 5.41) is 0.391. The second-order valence-electron chi connectivity index (χ2n) is 6.97. The highest BCUT2D eigenvalue weighted by atomic mass is 32.1. The van der Waals surface area contributed by atoms with Gasteiger partial charge < -0.3 is 15.2 Å². The number of rotatable bonds is 5. The van der Waals surface area contributed by atoms with Crippen LogP contribution in [0.15, 0.2) is 72.8 Å². The van der Waals surface area contributed by atoms with Crippen LogP contribution in [0.5, 0.6) is 11.5 Å². The van der Waals surface area contributed by atoms with Gasteiger partial charge in [-0.25, -0.2) is 4.90 Å². The standard InChI is InChI=1S/C24H24N2O2S2/c1-17-3-11-21(12-4-17)27-23(29)26(20-9-7-19(8-10-20)15-16-25)24(30)28-22-13-5-18(2)6-14-22/h3-14H,15-16,25H2,1-2H3/p+1. The predicted molar refractivity (Wildman–Crippen MR) is 129 cm³/mol. The molecule has 0 heterocycles. The highest BCUT2D eigenvalue weighted by Crippen LogP contribution is 2.22. The number of quaternary nitrogens is 1. The van der Waals surface area contributed by atoms with Gasteiger partial charge in [0.2, 0.25) is 0 Å². The van der Waals surface area contributed by atoms with Crippen molar-refractivity contribution >= 4 is 40.5 Å². The quantitative estimate of drug-likeness (QED) is 0.590. The van der Waals surface area contributed by atoms with E-state index in [2.05, 4.69) is 5.73 Å². The highest BCUT2D eigenvalue weighted by Gasteiger charge is 2.21. The number of hydrogen-bond donors (Lipinski definition) is 1. The Morgan fingerprint density at radius 2 is 1.17 bits per heavy atom. The summed E-state index contributed by atoms with van der Waals surface area (Å²) in [7, 11) is 0. The monoisotopic (exact) mass is 437 g/mol. The van der Waals surface area contributed by atoms with E-state index in [1.54, 1.807) is 4.90 Å². The van der Waals surface area contributed by atoms with Gasteiger partial charge in [0.25, 0.3) is 10.3 Å². The van der Waals surface area contributed by atoms with E-state index in [-0.39, 0.29) is 10.3 Å². The summed E-state index contributed by atoms with van der Waals surface area (Å²) in [5.41, 5.74) is 8.17. The summed E-state index contributed by atoms with van der Waals surface area (Å²) in [6.45, 7) is 4.88. The minimum Gasteiger partial charge on any atom is -0.431 e. The number of aryl methyl sites for hydroxylation is 2. The Balaban J connectivity index is 1.86. The average molecular weight is 438 g/mol. The zero-order valence-electron chi connectivity index (χ0n) is 17.1. The number of benzene rings is 3. The molecule has 0 atom stereocenters. The third-order valence-corrected chi connectivity index (χ3v) is 5.01. The maximum atomic E-state index is 5.92. The van der Waals surface area contributed by atoms with E-state index in [0.717, 1.165) is 29.8 Å². The molecule has 154 valence electrons. The molecule has 0 saturated carbocycles. The first kappa shape index (κ1) is 21.9. The Morgan fingerprint density at radius 3 is 1.57 bits per heavy atom. The first-order valence-electron chi connectivity index (χ1n) is 9.71. The van der Waals surface area contributed by atoms with Gasteiger partial charge in [0.1, 0.15) is 11.5 Å². The molecule has 0 aliphatic rings. The van der Waals surface area contributed by atoms with E-state index >= 15 is 0 Å². The number of anilines is 1. The van der Waals surface area contributed by atoms with Crippen LogP contribution < -0.4 is 20.1 Å². The molecule has 0 fully saturated rings. The van der Waals surface area contributed by atoms with Crippen molar-refractivity contribution in [3.05, 3.63) is 89.5 Å². The molecule has 0 spiro atoms. The smallest absolute Gasteiger partial charge is 0.277 e. The van der Waals surface area contributed by atoms with Crippen LogP contribution in [0.2, 0.25) is 0 Å². The molecule has 0 aliphatic carbocycles. The Labute approximate surface area is 188 Å². The summed E-state index contributed by atoms with van der Waals surface area (Å²) in [4.78, 5) is 1.62. The van der Waals surface area contributed by atoms with Crippen molar-refractivity contribution in [2.45, 2.75) is 20.3 Å². The van der Waals surface area contributed by atoms with E-state index in [1.165, 1.54) is 5.56 Å². The Hall–Kier alpha value is -2.80. The van der Waals surface area contributed by atoms with Crippen molar-refractivity contribution in [2.75, 3.05) is 11.4 Å². The molecule has 0 aromatic heterocycles. The van der Waals surface area contributed by atoms with Gasteiger partial charge in [-0.05, 0) is 80.2 Å². The van der Waals surface area contributed by atoms with Crippen molar-refractivity contribution < 1.29 is 15.2 Å². The molecular formula is C24H25N2O2S2+. The molecule has 0 aliphatic heterocycles. The van der Waals surface area contributed by atoms with E-state index < -0.39 is 0 Å². The fourth-order valence-corrected chi connectivity index (χ4v) is 3.43. The molecule has 3 aromatic rings. The lowest BCUT2D eigenvalue weighted by molar-refractivity contribution is -0.366. The van der Waals surface area contributed by atoms with Gasteiger partial charge in [-0.3, -0.25) is 0 Å². The van der Waals surface area contributed by atoms with E-state index in [0.29, 0.717) is 11.5 Å². The lowest BCUT2D eigenvalue weighted by Crippen LogP contribution is -2.51. The molecule has 0 saturated heterocycles. The lowest BCUT2D eigenvalue weighted by atomic mass is 10.1. The fourth-order valence-electron chi connectivity index (χ4n) is 2.81. The molecule has 4 nitrogen and oxygen atoms in total. The third kappa shape index (κ3) is 5.86. The minimum absolute atomic E-state index is 0.195. The van der Waals surface area contributed by atoms with Gasteiger partial charge in [0, 0.05) is 6.42 Å². The zero-order valence-corrected chi connectivity index (χ0v) is 18.8. The third-order valence-electron chi connectivity index (χ3n) is 4.48. The van der Waals surface area contributed by atoms with Crippen LogP contribution in [0.25, 0.3) is 0 Å². The number of ether oxygens (including phenoxy) is 2. The van der Waals surface area contributed by atoms with Gasteiger partial charge in [0.05, 0.1) is 12.2 Å². The van der Waals surface area contributed by atoms with Crippen LogP contribution in [0.3, 0.4) is 0 Å². The maximum Gasteiger partial charge on any atom is 0.277 e. The second-order valence-corrected chi connectivity index (χ2v) is 7.67. The van der Waals surface area contributed by atoms with Crippen molar-refractivity contribution in [1.29, 1.82) is 0 Å². The molecule has 0 bridgehead atoms. The fraction of sp³-hybridized carbons (Fsp3) is 0.167. The molecule has 3 N–H and O–H groups in total.